The predicted molar refractivity (Wildman–Crippen MR) is 72.3 cm³/mol. The van der Waals surface area contributed by atoms with Crippen molar-refractivity contribution in [2.45, 2.75) is 25.6 Å². The van der Waals surface area contributed by atoms with Crippen LogP contribution in [0, 0.1) is 0 Å². The second-order valence-electron chi connectivity index (χ2n) is 4.26. The predicted octanol–water partition coefficient (Wildman–Crippen LogP) is 0.561. The molecule has 0 fully saturated rings. The number of aliphatic hydroxyl groups is 2. The second-order valence-corrected chi connectivity index (χ2v) is 4.26. The van der Waals surface area contributed by atoms with Gasteiger partial charge in [0, 0.05) is 11.1 Å². The van der Waals surface area contributed by atoms with E-state index in [0.717, 1.165) is 0 Å². The van der Waals surface area contributed by atoms with Crippen molar-refractivity contribution in [3.63, 3.8) is 0 Å². The van der Waals surface area contributed by atoms with Gasteiger partial charge in [-0.1, -0.05) is 0 Å². The number of carbonyl (C=O) groups is 2. The molecule has 2 atom stereocenters. The number of aromatic hydroxyl groups is 1. The Labute approximate surface area is 121 Å². The molecular weight excluding hydrogens is 280 g/mol. The Kier molecular flexibility index (Phi) is 6.13. The first kappa shape index (κ1) is 16.9. The van der Waals surface area contributed by atoms with Crippen LogP contribution in [0.25, 0.3) is 0 Å². The van der Waals surface area contributed by atoms with E-state index in [1.165, 1.54) is 19.2 Å². The van der Waals surface area contributed by atoms with Crippen LogP contribution in [-0.4, -0.2) is 47.4 Å². The van der Waals surface area contributed by atoms with Crippen molar-refractivity contribution in [1.82, 2.24) is 0 Å². The fourth-order valence-electron chi connectivity index (χ4n) is 1.88. The molecule has 0 saturated heterocycles. The number of rotatable bonds is 7. The van der Waals surface area contributed by atoms with E-state index in [2.05, 4.69) is 4.74 Å². The smallest absolute Gasteiger partial charge is 0.308 e. The van der Waals surface area contributed by atoms with E-state index < -0.39 is 30.3 Å². The maximum Gasteiger partial charge on any atom is 0.308 e. The van der Waals surface area contributed by atoms with E-state index in [1.807, 2.05) is 0 Å². The molecule has 0 aliphatic rings. The maximum absolute atomic E-state index is 11.3. The number of phenolic OH excluding ortho intramolecular Hbond substituents is 1. The molecule has 2 unspecified atom stereocenters. The second kappa shape index (κ2) is 7.61. The van der Waals surface area contributed by atoms with Crippen LogP contribution in [0.4, 0.5) is 0 Å². The molecule has 7 nitrogen and oxygen atoms in total. The molecule has 0 radical (unpaired) electrons. The van der Waals surface area contributed by atoms with Crippen LogP contribution in [0.5, 0.6) is 11.5 Å². The van der Waals surface area contributed by atoms with Gasteiger partial charge in [-0.05, 0) is 19.1 Å². The van der Waals surface area contributed by atoms with Gasteiger partial charge in [-0.25, -0.2) is 0 Å². The van der Waals surface area contributed by atoms with Crippen molar-refractivity contribution in [2.75, 3.05) is 13.7 Å². The van der Waals surface area contributed by atoms with E-state index >= 15 is 0 Å². The highest BCUT2D eigenvalue weighted by Gasteiger charge is 2.28. The summed E-state index contributed by atoms with van der Waals surface area (Å²) in [5.74, 6) is -1.12. The molecule has 0 aliphatic heterocycles. The molecule has 0 aromatic heterocycles. The number of hydrogen-bond donors (Lipinski definition) is 3. The third-order valence-corrected chi connectivity index (χ3v) is 2.90. The van der Waals surface area contributed by atoms with Crippen LogP contribution in [0.2, 0.25) is 0 Å². The third-order valence-electron chi connectivity index (χ3n) is 2.90. The average Bonchev–Trinajstić information content (AvgIpc) is 2.46. The molecule has 0 spiro atoms. The van der Waals surface area contributed by atoms with Crippen molar-refractivity contribution in [3.8, 4) is 11.5 Å². The monoisotopic (exact) mass is 298 g/mol. The third kappa shape index (κ3) is 3.93. The summed E-state index contributed by atoms with van der Waals surface area (Å²) in [6.07, 6.45) is -3.20. The highest BCUT2D eigenvalue weighted by molar-refractivity contribution is 5.80. The van der Waals surface area contributed by atoms with Crippen molar-refractivity contribution < 1.29 is 34.4 Å². The molecule has 0 amide bonds. The Hall–Kier alpha value is -2.12. The van der Waals surface area contributed by atoms with Crippen LogP contribution in [0.3, 0.4) is 0 Å². The molecular formula is C14H18O7. The van der Waals surface area contributed by atoms with Gasteiger partial charge in [-0.2, -0.15) is 0 Å². The molecule has 7 heteroatoms. The summed E-state index contributed by atoms with van der Waals surface area (Å²) < 4.78 is 9.55. The van der Waals surface area contributed by atoms with E-state index in [4.69, 9.17) is 4.74 Å². The molecule has 0 aliphatic carbocycles. The number of methoxy groups -OCH3 is 1. The van der Waals surface area contributed by atoms with Gasteiger partial charge in [0.2, 0.25) is 0 Å². The largest absolute Gasteiger partial charge is 0.504 e. The molecule has 3 N–H and O–H groups in total. The van der Waals surface area contributed by atoms with Crippen molar-refractivity contribution in [3.05, 3.63) is 23.3 Å². The van der Waals surface area contributed by atoms with Gasteiger partial charge in [0.15, 0.2) is 17.8 Å². The van der Waals surface area contributed by atoms with Crippen LogP contribution in [-0.2, 0) is 9.53 Å². The van der Waals surface area contributed by atoms with Crippen molar-refractivity contribution in [2.24, 2.45) is 0 Å². The van der Waals surface area contributed by atoms with Gasteiger partial charge < -0.3 is 24.8 Å². The first-order valence-corrected chi connectivity index (χ1v) is 6.33. The van der Waals surface area contributed by atoms with Crippen LogP contribution in [0.1, 0.15) is 35.4 Å². The number of ether oxygens (including phenoxy) is 2. The summed E-state index contributed by atoms with van der Waals surface area (Å²) >= 11 is 0. The molecule has 0 bridgehead atoms. The summed E-state index contributed by atoms with van der Waals surface area (Å²) in [4.78, 5) is 22.3. The first-order chi connectivity index (χ1) is 9.96. The maximum atomic E-state index is 11.3. The molecule has 1 aromatic rings. The number of carbonyl (C=O) groups excluding carboxylic acids is 2. The lowest BCUT2D eigenvalue weighted by molar-refractivity contribution is -0.147. The molecule has 0 saturated carbocycles. The van der Waals surface area contributed by atoms with Gasteiger partial charge in [0.05, 0.1) is 26.2 Å². The Morgan fingerprint density at radius 2 is 2.05 bits per heavy atom. The zero-order chi connectivity index (χ0) is 16.0. The zero-order valence-electron chi connectivity index (χ0n) is 11.8. The summed E-state index contributed by atoms with van der Waals surface area (Å²) in [6, 6.07) is 2.69. The van der Waals surface area contributed by atoms with Gasteiger partial charge in [0.1, 0.15) is 6.10 Å². The van der Waals surface area contributed by atoms with Gasteiger partial charge >= 0.3 is 5.97 Å². The highest BCUT2D eigenvalue weighted by atomic mass is 16.5. The zero-order valence-corrected chi connectivity index (χ0v) is 11.8. The van der Waals surface area contributed by atoms with E-state index in [9.17, 15) is 24.9 Å². The van der Waals surface area contributed by atoms with E-state index in [1.54, 1.807) is 6.92 Å². The lowest BCUT2D eigenvalue weighted by Gasteiger charge is -2.20. The lowest BCUT2D eigenvalue weighted by Crippen LogP contribution is -2.24. The topological polar surface area (TPSA) is 113 Å². The van der Waals surface area contributed by atoms with Crippen molar-refractivity contribution in [1.29, 1.82) is 0 Å². The first-order valence-electron chi connectivity index (χ1n) is 6.33. The lowest BCUT2D eigenvalue weighted by atomic mass is 9.96. The molecule has 0 heterocycles. The number of hydrogen-bond acceptors (Lipinski definition) is 7. The normalized spacial score (nSPS) is 13.3. The standard InChI is InChI=1S/C14H18O7/c1-3-21-11(17)6-9(16)13(18)12-8(7-15)4-5-10(20-2)14(12)19/h4-5,7,9,13,16,18-19H,3,6H2,1-2H3. The minimum Gasteiger partial charge on any atom is -0.504 e. The summed E-state index contributed by atoms with van der Waals surface area (Å²) in [6.45, 7) is 1.75. The number of aldehydes is 1. The Bertz CT molecular complexity index is 512. The van der Waals surface area contributed by atoms with Gasteiger partial charge in [-0.15, -0.1) is 0 Å². The quantitative estimate of drug-likeness (QED) is 0.498. The van der Waals surface area contributed by atoms with Crippen molar-refractivity contribution >= 4 is 12.3 Å². The molecule has 1 rings (SSSR count). The van der Waals surface area contributed by atoms with Gasteiger partial charge in [0.25, 0.3) is 0 Å². The Morgan fingerprint density at radius 3 is 2.57 bits per heavy atom. The highest BCUT2D eigenvalue weighted by Crippen LogP contribution is 2.37. The minimum atomic E-state index is -1.63. The van der Waals surface area contributed by atoms with Crippen LogP contribution >= 0.6 is 0 Å². The average molecular weight is 298 g/mol. The minimum absolute atomic E-state index is 0.0105. The van der Waals surface area contributed by atoms with E-state index in [-0.39, 0.29) is 23.5 Å². The number of phenols is 1. The number of benzene rings is 1. The number of esters is 1. The SMILES string of the molecule is CCOC(=O)CC(O)C(O)c1c(C=O)ccc(OC)c1O. The Balaban J connectivity index is 3.07. The molecule has 1 aromatic carbocycles. The molecule has 116 valence electrons. The summed E-state index contributed by atoms with van der Waals surface area (Å²) in [5, 5.41) is 29.9. The fraction of sp³-hybridized carbons (Fsp3) is 0.429. The molecule has 21 heavy (non-hydrogen) atoms. The summed E-state index contributed by atoms with van der Waals surface area (Å²) in [7, 11) is 1.31. The van der Waals surface area contributed by atoms with Gasteiger partial charge in [-0.3, -0.25) is 9.59 Å². The summed E-state index contributed by atoms with van der Waals surface area (Å²) in [5.41, 5.74) is -0.204. The van der Waals surface area contributed by atoms with Crippen LogP contribution in [0.15, 0.2) is 12.1 Å². The Morgan fingerprint density at radius 1 is 1.38 bits per heavy atom. The fourth-order valence-corrected chi connectivity index (χ4v) is 1.88. The number of aliphatic hydroxyl groups excluding tert-OH is 2. The van der Waals surface area contributed by atoms with E-state index in [0.29, 0.717) is 6.29 Å². The van der Waals surface area contributed by atoms with Crippen LogP contribution < -0.4 is 4.74 Å².